The molecule has 0 heterocycles. The number of Topliss-reactive ketones (excluding diaryl/α,β-unsaturated/α-hetero) is 1. The van der Waals surface area contributed by atoms with E-state index in [0.717, 1.165) is 12.8 Å². The lowest BCUT2D eigenvalue weighted by molar-refractivity contribution is -0.148. The van der Waals surface area contributed by atoms with Gasteiger partial charge in [-0.25, -0.2) is 0 Å². The molecule has 0 aromatic heterocycles. The van der Waals surface area contributed by atoms with Gasteiger partial charge >= 0.3 is 5.97 Å². The summed E-state index contributed by atoms with van der Waals surface area (Å²) in [7, 11) is 3.67. The minimum atomic E-state index is -0.291. The molecule has 0 fully saturated rings. The molecule has 31 heavy (non-hydrogen) atoms. The maximum absolute atomic E-state index is 12.3. The zero-order valence-electron chi connectivity index (χ0n) is 21.3. The normalized spacial score (nSPS) is 12.1. The smallest absolute Gasteiger partial charge is 0.320 e. The predicted octanol–water partition coefficient (Wildman–Crippen LogP) is 7.11. The number of unbranched alkanes of at least 4 members (excludes halogenated alkanes) is 11. The molecule has 0 N–H and O–H groups in total. The molecular formula is C27H51NO3. The Kier molecular flexibility index (Phi) is 18.8. The number of likely N-dealkylation sites (N-methyl/N-ethyl adjacent to an activating group) is 1. The maximum Gasteiger partial charge on any atom is 0.320 e. The highest BCUT2D eigenvalue weighted by Gasteiger charge is 2.23. The van der Waals surface area contributed by atoms with Crippen molar-refractivity contribution in [2.75, 3.05) is 27.2 Å². The van der Waals surface area contributed by atoms with Gasteiger partial charge in [-0.1, -0.05) is 84.3 Å². The van der Waals surface area contributed by atoms with E-state index in [-0.39, 0.29) is 23.7 Å². The van der Waals surface area contributed by atoms with Crippen molar-refractivity contribution in [2.24, 2.45) is 5.41 Å². The van der Waals surface area contributed by atoms with E-state index in [4.69, 9.17) is 4.74 Å². The topological polar surface area (TPSA) is 46.6 Å². The Bertz CT molecular complexity index is 483. The quantitative estimate of drug-likeness (QED) is 0.109. The van der Waals surface area contributed by atoms with Gasteiger partial charge in [0.1, 0.15) is 5.78 Å². The van der Waals surface area contributed by atoms with Gasteiger partial charge in [-0.2, -0.15) is 0 Å². The number of carbonyl (C=O) groups excluding carboxylic acids is 2. The molecule has 0 aromatic rings. The number of allylic oxidation sites excluding steroid dienone is 2. The van der Waals surface area contributed by atoms with Crippen LogP contribution in [-0.2, 0) is 14.3 Å². The molecular weight excluding hydrogens is 386 g/mol. The summed E-state index contributed by atoms with van der Waals surface area (Å²) in [6.07, 6.45) is 22.3. The van der Waals surface area contributed by atoms with Gasteiger partial charge in [0.25, 0.3) is 0 Å². The summed E-state index contributed by atoms with van der Waals surface area (Å²) in [6, 6.07) is 0. The first kappa shape index (κ1) is 29.8. The molecule has 0 aliphatic rings. The molecule has 0 saturated carbocycles. The number of carbonyl (C=O) groups is 2. The largest absolute Gasteiger partial charge is 0.464 e. The first-order valence-electron chi connectivity index (χ1n) is 12.7. The third-order valence-electron chi connectivity index (χ3n) is 5.46. The predicted molar refractivity (Wildman–Crippen MR) is 132 cm³/mol. The molecule has 4 nitrogen and oxygen atoms in total. The summed E-state index contributed by atoms with van der Waals surface area (Å²) < 4.78 is 5.31. The van der Waals surface area contributed by atoms with E-state index in [1.165, 1.54) is 70.6 Å². The Labute approximate surface area is 193 Å². The standard InChI is InChI=1S/C27H51NO3/c1-6-7-8-9-10-11-12-13-14-15-16-17-18-19-20-21-25(29)22-27(2,3)24-31-26(30)23-28(4)5/h13-14H,6-12,15-24H2,1-5H3/b14-13-. The van der Waals surface area contributed by atoms with Gasteiger partial charge in [0.2, 0.25) is 0 Å². The van der Waals surface area contributed by atoms with Crippen LogP contribution in [-0.4, -0.2) is 43.9 Å². The Morgan fingerprint density at radius 3 is 1.87 bits per heavy atom. The van der Waals surface area contributed by atoms with Crippen LogP contribution in [0.15, 0.2) is 12.2 Å². The number of esters is 1. The number of hydrogen-bond acceptors (Lipinski definition) is 4. The molecule has 0 unspecified atom stereocenters. The first-order chi connectivity index (χ1) is 14.8. The molecule has 0 bridgehead atoms. The van der Waals surface area contributed by atoms with E-state index in [1.807, 2.05) is 27.9 Å². The molecule has 4 heteroatoms. The zero-order chi connectivity index (χ0) is 23.4. The lowest BCUT2D eigenvalue weighted by Crippen LogP contribution is -2.29. The van der Waals surface area contributed by atoms with Crippen LogP contribution in [0.1, 0.15) is 117 Å². The van der Waals surface area contributed by atoms with Gasteiger partial charge in [0.05, 0.1) is 13.2 Å². The van der Waals surface area contributed by atoms with Crippen LogP contribution in [0.5, 0.6) is 0 Å². The number of ether oxygens (including phenoxy) is 1. The molecule has 0 saturated heterocycles. The van der Waals surface area contributed by atoms with Crippen molar-refractivity contribution in [1.82, 2.24) is 4.90 Å². The Balaban J connectivity index is 3.58. The molecule has 182 valence electrons. The molecule has 0 atom stereocenters. The minimum absolute atomic E-state index is 0.234. The van der Waals surface area contributed by atoms with E-state index >= 15 is 0 Å². The lowest BCUT2D eigenvalue weighted by Gasteiger charge is -2.23. The number of ketones is 1. The van der Waals surface area contributed by atoms with Crippen LogP contribution in [0.3, 0.4) is 0 Å². The van der Waals surface area contributed by atoms with Crippen molar-refractivity contribution >= 4 is 11.8 Å². The van der Waals surface area contributed by atoms with Crippen molar-refractivity contribution < 1.29 is 14.3 Å². The Hall–Kier alpha value is -1.16. The van der Waals surface area contributed by atoms with Crippen LogP contribution in [0.2, 0.25) is 0 Å². The van der Waals surface area contributed by atoms with Crippen LogP contribution in [0.25, 0.3) is 0 Å². The van der Waals surface area contributed by atoms with Crippen molar-refractivity contribution in [3.05, 3.63) is 12.2 Å². The van der Waals surface area contributed by atoms with E-state index in [9.17, 15) is 9.59 Å². The zero-order valence-corrected chi connectivity index (χ0v) is 21.3. The molecule has 0 aliphatic carbocycles. The summed E-state index contributed by atoms with van der Waals surface area (Å²) in [5.41, 5.74) is -0.291. The average Bonchev–Trinajstić information content (AvgIpc) is 2.68. The van der Waals surface area contributed by atoms with Crippen LogP contribution >= 0.6 is 0 Å². The second kappa shape index (κ2) is 19.5. The Morgan fingerprint density at radius 1 is 0.806 bits per heavy atom. The second-order valence-corrected chi connectivity index (χ2v) is 10.1. The van der Waals surface area contributed by atoms with Crippen molar-refractivity contribution in [3.63, 3.8) is 0 Å². The van der Waals surface area contributed by atoms with Crippen molar-refractivity contribution in [2.45, 2.75) is 117 Å². The molecule has 0 spiro atoms. The number of rotatable bonds is 21. The van der Waals surface area contributed by atoms with Gasteiger partial charge in [0, 0.05) is 18.3 Å². The summed E-state index contributed by atoms with van der Waals surface area (Å²) in [6.45, 7) is 6.83. The van der Waals surface area contributed by atoms with Crippen LogP contribution in [0, 0.1) is 5.41 Å². The fourth-order valence-electron chi connectivity index (χ4n) is 3.65. The van der Waals surface area contributed by atoms with Gasteiger partial charge in [-0.15, -0.1) is 0 Å². The van der Waals surface area contributed by atoms with E-state index in [0.29, 0.717) is 19.4 Å². The second-order valence-electron chi connectivity index (χ2n) is 10.1. The van der Waals surface area contributed by atoms with Gasteiger partial charge in [-0.05, 0) is 46.2 Å². The molecule has 0 amide bonds. The third-order valence-corrected chi connectivity index (χ3v) is 5.46. The Morgan fingerprint density at radius 2 is 1.32 bits per heavy atom. The number of hydrogen-bond donors (Lipinski definition) is 0. The van der Waals surface area contributed by atoms with Gasteiger partial charge < -0.3 is 4.74 Å². The lowest BCUT2D eigenvalue weighted by atomic mass is 9.87. The molecule has 0 aliphatic heterocycles. The first-order valence-corrected chi connectivity index (χ1v) is 12.7. The summed E-state index contributed by atoms with van der Waals surface area (Å²) in [4.78, 5) is 25.7. The monoisotopic (exact) mass is 437 g/mol. The highest BCUT2D eigenvalue weighted by Crippen LogP contribution is 2.23. The highest BCUT2D eigenvalue weighted by molar-refractivity contribution is 5.79. The fraction of sp³-hybridized carbons (Fsp3) is 0.852. The van der Waals surface area contributed by atoms with E-state index < -0.39 is 0 Å². The van der Waals surface area contributed by atoms with Crippen LogP contribution in [0.4, 0.5) is 0 Å². The van der Waals surface area contributed by atoms with E-state index in [1.54, 1.807) is 4.90 Å². The summed E-state index contributed by atoms with van der Waals surface area (Å²) in [5.74, 6) is 0.0501. The van der Waals surface area contributed by atoms with Crippen LogP contribution < -0.4 is 0 Å². The van der Waals surface area contributed by atoms with Crippen molar-refractivity contribution in [3.8, 4) is 0 Å². The maximum atomic E-state index is 12.3. The van der Waals surface area contributed by atoms with Gasteiger partial charge in [-0.3, -0.25) is 14.5 Å². The SMILES string of the molecule is CCCCCCCC/C=C\CCCCCCCC(=O)CC(C)(C)COC(=O)CN(C)C. The fourth-order valence-corrected chi connectivity index (χ4v) is 3.65. The summed E-state index contributed by atoms with van der Waals surface area (Å²) in [5, 5.41) is 0. The van der Waals surface area contributed by atoms with Crippen molar-refractivity contribution in [1.29, 1.82) is 0 Å². The number of nitrogens with zero attached hydrogens (tertiary/aromatic N) is 1. The van der Waals surface area contributed by atoms with E-state index in [2.05, 4.69) is 19.1 Å². The van der Waals surface area contributed by atoms with Gasteiger partial charge in [0.15, 0.2) is 0 Å². The summed E-state index contributed by atoms with van der Waals surface area (Å²) >= 11 is 0. The molecule has 0 radical (unpaired) electrons. The molecule has 0 aromatic carbocycles. The molecule has 0 rings (SSSR count). The highest BCUT2D eigenvalue weighted by atomic mass is 16.5. The third kappa shape index (κ3) is 21.8. The average molecular weight is 438 g/mol. The minimum Gasteiger partial charge on any atom is -0.464 e.